The van der Waals surface area contributed by atoms with E-state index in [0.29, 0.717) is 0 Å². The zero-order chi connectivity index (χ0) is 8.97. The average Bonchev–Trinajstić information content (AvgIpc) is 2.17. The summed E-state index contributed by atoms with van der Waals surface area (Å²) in [4.78, 5) is 0. The molecule has 66 valence electrons. The molecule has 0 fully saturated rings. The molecule has 0 aliphatic carbocycles. The predicted octanol–water partition coefficient (Wildman–Crippen LogP) is 1.64. The first-order chi connectivity index (χ1) is 5.77. The van der Waals surface area contributed by atoms with Crippen molar-refractivity contribution in [2.75, 3.05) is 0 Å². The van der Waals surface area contributed by atoms with Crippen LogP contribution >= 0.6 is 12.6 Å². The van der Waals surface area contributed by atoms with Gasteiger partial charge in [0.1, 0.15) is 0 Å². The van der Waals surface area contributed by atoms with Gasteiger partial charge in [-0.2, -0.15) is 12.6 Å². The Kier molecular flexibility index (Phi) is 3.59. The van der Waals surface area contributed by atoms with Crippen LogP contribution < -0.4 is 11.3 Å². The molecule has 2 nitrogen and oxygen atoms in total. The molecule has 1 unspecified atom stereocenters. The molecule has 0 aliphatic heterocycles. The van der Waals surface area contributed by atoms with Crippen molar-refractivity contribution in [2.24, 2.45) is 5.84 Å². The van der Waals surface area contributed by atoms with Crippen LogP contribution in [0.5, 0.6) is 0 Å². The van der Waals surface area contributed by atoms with Crippen LogP contribution in [0.2, 0.25) is 0 Å². The Morgan fingerprint density at radius 2 is 2.00 bits per heavy atom. The summed E-state index contributed by atoms with van der Waals surface area (Å²) >= 11 is 4.25. The normalized spacial score (nSPS) is 12.9. The number of hydrogen-bond donors (Lipinski definition) is 3. The highest BCUT2D eigenvalue weighted by atomic mass is 32.1. The Labute approximate surface area is 78.5 Å². The fourth-order valence-electron chi connectivity index (χ4n) is 1.03. The smallest absolute Gasteiger partial charge is 0.0885 e. The van der Waals surface area contributed by atoms with Gasteiger partial charge in [0.05, 0.1) is 5.37 Å². The maximum atomic E-state index is 5.25. The summed E-state index contributed by atoms with van der Waals surface area (Å²) in [5.41, 5.74) is 5.01. The molecule has 0 radical (unpaired) electrons. The van der Waals surface area contributed by atoms with E-state index in [4.69, 9.17) is 5.84 Å². The van der Waals surface area contributed by atoms with Crippen LogP contribution in [0.15, 0.2) is 24.3 Å². The van der Waals surface area contributed by atoms with Gasteiger partial charge in [-0.1, -0.05) is 31.2 Å². The Hall–Kier alpha value is -0.510. The van der Waals surface area contributed by atoms with Crippen LogP contribution in [0.3, 0.4) is 0 Å². The first-order valence-electron chi connectivity index (χ1n) is 4.01. The topological polar surface area (TPSA) is 38.0 Å². The van der Waals surface area contributed by atoms with E-state index in [-0.39, 0.29) is 5.37 Å². The molecule has 0 aromatic heterocycles. The fourth-order valence-corrected chi connectivity index (χ4v) is 1.20. The van der Waals surface area contributed by atoms with Crippen molar-refractivity contribution in [1.29, 1.82) is 0 Å². The number of nitrogens with two attached hydrogens (primary N) is 1. The summed E-state index contributed by atoms with van der Waals surface area (Å²) in [6.07, 6.45) is 1.06. The number of hydrazine groups is 1. The highest BCUT2D eigenvalue weighted by Crippen LogP contribution is 2.16. The van der Waals surface area contributed by atoms with E-state index in [2.05, 4.69) is 37.1 Å². The van der Waals surface area contributed by atoms with E-state index in [1.807, 2.05) is 12.1 Å². The zero-order valence-electron chi connectivity index (χ0n) is 7.12. The third-order valence-electron chi connectivity index (χ3n) is 1.86. The molecule has 0 saturated heterocycles. The van der Waals surface area contributed by atoms with E-state index < -0.39 is 0 Å². The number of rotatable bonds is 3. The Bertz CT molecular complexity index is 233. The monoisotopic (exact) mass is 182 g/mol. The molecule has 1 aromatic rings. The molecule has 1 atom stereocenters. The van der Waals surface area contributed by atoms with Crippen molar-refractivity contribution < 1.29 is 0 Å². The number of benzene rings is 1. The van der Waals surface area contributed by atoms with Crippen LogP contribution in [-0.4, -0.2) is 0 Å². The maximum Gasteiger partial charge on any atom is 0.0885 e. The lowest BCUT2D eigenvalue weighted by molar-refractivity contribution is 0.726. The molecule has 0 aliphatic rings. The number of nitrogens with one attached hydrogen (secondary N) is 1. The molecule has 1 rings (SSSR count). The van der Waals surface area contributed by atoms with Gasteiger partial charge >= 0.3 is 0 Å². The Morgan fingerprint density at radius 3 is 2.42 bits per heavy atom. The lowest BCUT2D eigenvalue weighted by atomic mass is 10.1. The van der Waals surface area contributed by atoms with Gasteiger partial charge in [-0.15, -0.1) is 0 Å². The SMILES string of the molecule is CCc1ccc(C(S)NN)cc1. The lowest BCUT2D eigenvalue weighted by Crippen LogP contribution is -2.23. The molecule has 3 heteroatoms. The van der Waals surface area contributed by atoms with E-state index in [1.165, 1.54) is 5.56 Å². The van der Waals surface area contributed by atoms with Gasteiger partial charge in [0.25, 0.3) is 0 Å². The molecule has 0 saturated carbocycles. The van der Waals surface area contributed by atoms with Crippen molar-refractivity contribution in [2.45, 2.75) is 18.7 Å². The summed E-state index contributed by atoms with van der Waals surface area (Å²) in [6.45, 7) is 2.13. The minimum absolute atomic E-state index is 0.0732. The summed E-state index contributed by atoms with van der Waals surface area (Å²) in [5.74, 6) is 5.25. The van der Waals surface area contributed by atoms with Gasteiger partial charge in [0, 0.05) is 0 Å². The van der Waals surface area contributed by atoms with Crippen LogP contribution in [0.25, 0.3) is 0 Å². The van der Waals surface area contributed by atoms with Gasteiger partial charge in [0.2, 0.25) is 0 Å². The number of thiol groups is 1. The molecule has 0 heterocycles. The quantitative estimate of drug-likeness (QED) is 0.288. The van der Waals surface area contributed by atoms with Crippen molar-refractivity contribution >= 4 is 12.6 Å². The summed E-state index contributed by atoms with van der Waals surface area (Å²) < 4.78 is 0. The Balaban J connectivity index is 2.77. The Morgan fingerprint density at radius 1 is 1.42 bits per heavy atom. The maximum absolute atomic E-state index is 5.25. The van der Waals surface area contributed by atoms with Crippen molar-refractivity contribution in [3.05, 3.63) is 35.4 Å². The molecule has 12 heavy (non-hydrogen) atoms. The zero-order valence-corrected chi connectivity index (χ0v) is 8.01. The third kappa shape index (κ3) is 2.24. The van der Waals surface area contributed by atoms with Crippen LogP contribution in [0.1, 0.15) is 23.4 Å². The molecular weight excluding hydrogens is 168 g/mol. The van der Waals surface area contributed by atoms with Gasteiger partial charge < -0.3 is 0 Å². The van der Waals surface area contributed by atoms with Crippen molar-refractivity contribution in [3.63, 3.8) is 0 Å². The predicted molar refractivity (Wildman–Crippen MR) is 54.9 cm³/mol. The van der Waals surface area contributed by atoms with Gasteiger partial charge in [0.15, 0.2) is 0 Å². The largest absolute Gasteiger partial charge is 0.270 e. The molecule has 3 N–H and O–H groups in total. The van der Waals surface area contributed by atoms with E-state index in [1.54, 1.807) is 0 Å². The van der Waals surface area contributed by atoms with Gasteiger partial charge in [-0.05, 0) is 17.5 Å². The minimum Gasteiger partial charge on any atom is -0.270 e. The summed E-state index contributed by atoms with van der Waals surface area (Å²) in [7, 11) is 0. The number of hydrogen-bond acceptors (Lipinski definition) is 3. The second kappa shape index (κ2) is 4.50. The van der Waals surface area contributed by atoms with Crippen LogP contribution in [-0.2, 0) is 6.42 Å². The van der Waals surface area contributed by atoms with Crippen LogP contribution in [0.4, 0.5) is 0 Å². The minimum atomic E-state index is -0.0732. The first kappa shape index (κ1) is 9.58. The molecule has 0 spiro atoms. The summed E-state index contributed by atoms with van der Waals surface area (Å²) in [5, 5.41) is -0.0732. The molecule has 0 amide bonds. The second-order valence-electron chi connectivity index (χ2n) is 2.66. The first-order valence-corrected chi connectivity index (χ1v) is 4.52. The fraction of sp³-hybridized carbons (Fsp3) is 0.333. The molecular formula is C9H14N2S. The van der Waals surface area contributed by atoms with E-state index >= 15 is 0 Å². The van der Waals surface area contributed by atoms with Crippen molar-refractivity contribution in [1.82, 2.24) is 5.43 Å². The lowest BCUT2D eigenvalue weighted by Gasteiger charge is -2.09. The second-order valence-corrected chi connectivity index (χ2v) is 3.18. The third-order valence-corrected chi connectivity index (χ3v) is 2.31. The standard InChI is InChI=1S/C9H14N2S/c1-2-7-3-5-8(6-4-7)9(12)11-10/h3-6,9,11-12H,2,10H2,1H3. The van der Waals surface area contributed by atoms with Gasteiger partial charge in [-0.3, -0.25) is 5.84 Å². The highest BCUT2D eigenvalue weighted by Gasteiger charge is 2.01. The van der Waals surface area contributed by atoms with Crippen LogP contribution in [0, 0.1) is 0 Å². The van der Waals surface area contributed by atoms with E-state index in [9.17, 15) is 0 Å². The molecule has 0 bridgehead atoms. The summed E-state index contributed by atoms with van der Waals surface area (Å²) in [6, 6.07) is 8.26. The van der Waals surface area contributed by atoms with E-state index in [0.717, 1.165) is 12.0 Å². The average molecular weight is 182 g/mol. The number of aryl methyl sites for hydroxylation is 1. The molecule has 1 aromatic carbocycles. The van der Waals surface area contributed by atoms with Crippen molar-refractivity contribution in [3.8, 4) is 0 Å². The highest BCUT2D eigenvalue weighted by molar-refractivity contribution is 7.80. The van der Waals surface area contributed by atoms with Gasteiger partial charge in [-0.25, -0.2) is 5.43 Å².